The first-order chi connectivity index (χ1) is 13.5. The van der Waals surface area contributed by atoms with Crippen LogP contribution in [0.5, 0.6) is 0 Å². The second kappa shape index (κ2) is 6.85. The lowest BCUT2D eigenvalue weighted by Gasteiger charge is -2.13. The van der Waals surface area contributed by atoms with Crippen molar-refractivity contribution in [2.75, 3.05) is 0 Å². The number of carbonyl (C=O) groups excluding carboxylic acids is 1. The molecule has 6 heteroatoms. The molecule has 28 heavy (non-hydrogen) atoms. The van der Waals surface area contributed by atoms with Crippen molar-refractivity contribution in [3.05, 3.63) is 55.7 Å². The van der Waals surface area contributed by atoms with E-state index in [-0.39, 0.29) is 16.6 Å². The van der Waals surface area contributed by atoms with E-state index in [4.69, 9.17) is 4.98 Å². The van der Waals surface area contributed by atoms with Gasteiger partial charge in [0, 0.05) is 17.5 Å². The van der Waals surface area contributed by atoms with Crippen molar-refractivity contribution < 1.29 is 4.79 Å². The molecule has 1 atom stereocenters. The molecule has 2 aliphatic rings. The van der Waals surface area contributed by atoms with Gasteiger partial charge < -0.3 is 0 Å². The molecule has 4 nitrogen and oxygen atoms in total. The summed E-state index contributed by atoms with van der Waals surface area (Å²) < 4.78 is 1.62. The number of aromatic nitrogens is 2. The van der Waals surface area contributed by atoms with Crippen LogP contribution >= 0.6 is 23.1 Å². The summed E-state index contributed by atoms with van der Waals surface area (Å²) in [7, 11) is 1.77. The minimum absolute atomic E-state index is 0.0177. The zero-order valence-electron chi connectivity index (χ0n) is 16.1. The molecule has 0 unspecified atom stereocenters. The van der Waals surface area contributed by atoms with Gasteiger partial charge in [0.2, 0.25) is 0 Å². The van der Waals surface area contributed by atoms with E-state index in [9.17, 15) is 9.59 Å². The standard InChI is InChI=1S/C22H22N2O2S2/c1-12(19(25)15-10-9-13-5-3-6-14(13)11-15)27-22-23-20-18(21(26)24(22)2)16-7-4-8-17(16)28-20/h9-12H,3-8H2,1-2H3/t12-/m1/s1. The molecule has 0 fully saturated rings. The summed E-state index contributed by atoms with van der Waals surface area (Å²) in [6.45, 7) is 1.91. The van der Waals surface area contributed by atoms with Crippen molar-refractivity contribution in [2.45, 2.75) is 55.9 Å². The Kier molecular flexibility index (Phi) is 4.43. The number of thioether (sulfide) groups is 1. The fraction of sp³-hybridized carbons (Fsp3) is 0.409. The lowest BCUT2D eigenvalue weighted by Crippen LogP contribution is -2.22. The fourth-order valence-corrected chi connectivity index (χ4v) is 6.64. The van der Waals surface area contributed by atoms with Crippen molar-refractivity contribution in [1.82, 2.24) is 9.55 Å². The highest BCUT2D eigenvalue weighted by Crippen LogP contribution is 2.36. The average Bonchev–Trinajstić information content (AvgIpc) is 3.39. The van der Waals surface area contributed by atoms with Crippen LogP contribution in [0.3, 0.4) is 0 Å². The van der Waals surface area contributed by atoms with Gasteiger partial charge in [-0.05, 0) is 68.2 Å². The van der Waals surface area contributed by atoms with Gasteiger partial charge in [0.05, 0.1) is 10.6 Å². The monoisotopic (exact) mass is 410 g/mol. The molecular weight excluding hydrogens is 388 g/mol. The highest BCUT2D eigenvalue weighted by Gasteiger charge is 2.25. The Morgan fingerprint density at radius 1 is 1.18 bits per heavy atom. The van der Waals surface area contributed by atoms with Crippen molar-refractivity contribution in [1.29, 1.82) is 0 Å². The first-order valence-corrected chi connectivity index (χ1v) is 11.6. The third kappa shape index (κ3) is 2.85. The molecule has 3 aromatic rings. The molecule has 0 aliphatic heterocycles. The van der Waals surface area contributed by atoms with Gasteiger partial charge in [0.25, 0.3) is 5.56 Å². The number of nitrogens with zero attached hydrogens (tertiary/aromatic N) is 2. The second-order valence-corrected chi connectivity index (χ2v) is 10.1. The molecule has 2 aromatic heterocycles. The minimum Gasteiger partial charge on any atom is -0.293 e. The third-order valence-electron chi connectivity index (χ3n) is 5.94. The number of aryl methyl sites for hydroxylation is 4. The summed E-state index contributed by atoms with van der Waals surface area (Å²) in [5.41, 5.74) is 4.66. The molecule has 0 amide bonds. The van der Waals surface area contributed by atoms with Gasteiger partial charge in [-0.15, -0.1) is 11.3 Å². The molecule has 1 aromatic carbocycles. The number of fused-ring (bicyclic) bond motifs is 4. The Labute approximate surface area is 172 Å². The second-order valence-electron chi connectivity index (χ2n) is 7.76. The van der Waals surface area contributed by atoms with Crippen molar-refractivity contribution in [3.8, 4) is 0 Å². The Morgan fingerprint density at radius 2 is 1.96 bits per heavy atom. The minimum atomic E-state index is -0.290. The van der Waals surface area contributed by atoms with Gasteiger partial charge in [-0.2, -0.15) is 0 Å². The van der Waals surface area contributed by atoms with E-state index in [0.29, 0.717) is 5.16 Å². The number of ketones is 1. The third-order valence-corrected chi connectivity index (χ3v) is 8.27. The topological polar surface area (TPSA) is 52.0 Å². The van der Waals surface area contributed by atoms with Crippen molar-refractivity contribution >= 4 is 39.1 Å². The summed E-state index contributed by atoms with van der Waals surface area (Å²) in [6.07, 6.45) is 6.51. The number of hydrogen-bond acceptors (Lipinski definition) is 5. The van der Waals surface area contributed by atoms with Crippen LogP contribution in [0.4, 0.5) is 0 Å². The smallest absolute Gasteiger partial charge is 0.262 e. The van der Waals surface area contributed by atoms with Gasteiger partial charge in [-0.3, -0.25) is 14.2 Å². The number of benzene rings is 1. The molecule has 0 saturated heterocycles. The zero-order valence-corrected chi connectivity index (χ0v) is 17.7. The zero-order chi connectivity index (χ0) is 19.4. The number of hydrogen-bond donors (Lipinski definition) is 0. The maximum atomic E-state index is 13.0. The number of rotatable bonds is 4. The molecule has 5 rings (SSSR count). The first-order valence-electron chi connectivity index (χ1n) is 9.87. The largest absolute Gasteiger partial charge is 0.293 e. The van der Waals surface area contributed by atoms with E-state index in [1.54, 1.807) is 23.0 Å². The summed E-state index contributed by atoms with van der Waals surface area (Å²) in [5, 5.41) is 1.13. The van der Waals surface area contributed by atoms with E-state index >= 15 is 0 Å². The molecule has 0 N–H and O–H groups in total. The molecule has 2 aliphatic carbocycles. The summed E-state index contributed by atoms with van der Waals surface area (Å²) >= 11 is 3.03. The maximum absolute atomic E-state index is 13.0. The van der Waals surface area contributed by atoms with Crippen LogP contribution in [0.15, 0.2) is 28.2 Å². The molecule has 0 spiro atoms. The van der Waals surface area contributed by atoms with Gasteiger partial charge in [-0.1, -0.05) is 23.9 Å². The summed E-state index contributed by atoms with van der Waals surface area (Å²) in [4.78, 5) is 32.8. The van der Waals surface area contributed by atoms with Crippen LogP contribution in [-0.2, 0) is 32.7 Å². The molecule has 0 radical (unpaired) electrons. The van der Waals surface area contributed by atoms with Crippen molar-refractivity contribution in [3.63, 3.8) is 0 Å². The molecule has 144 valence electrons. The Morgan fingerprint density at radius 3 is 2.82 bits per heavy atom. The van der Waals surface area contributed by atoms with Gasteiger partial charge in [0.1, 0.15) is 4.83 Å². The number of thiophene rings is 1. The van der Waals surface area contributed by atoms with Gasteiger partial charge in [-0.25, -0.2) is 4.98 Å². The van der Waals surface area contributed by atoms with Crippen LogP contribution in [-0.4, -0.2) is 20.6 Å². The van der Waals surface area contributed by atoms with E-state index in [1.807, 2.05) is 13.0 Å². The molecule has 2 heterocycles. The number of carbonyl (C=O) groups is 1. The van der Waals surface area contributed by atoms with Crippen LogP contribution in [0.1, 0.15) is 51.7 Å². The predicted octanol–water partition coefficient (Wildman–Crippen LogP) is 4.34. The molecule has 0 saturated carbocycles. The summed E-state index contributed by atoms with van der Waals surface area (Å²) in [6, 6.07) is 6.10. The average molecular weight is 411 g/mol. The molecular formula is C22H22N2O2S2. The first kappa shape index (κ1) is 18.1. The Hall–Kier alpha value is -1.92. The summed E-state index contributed by atoms with van der Waals surface area (Å²) in [5.74, 6) is 0.0997. The SMILES string of the molecule is C[C@@H](Sc1nc2sc3c(c2c(=O)n1C)CCC3)C(=O)c1ccc2c(c1)CCC2. The van der Waals surface area contributed by atoms with E-state index < -0.39 is 0 Å². The van der Waals surface area contributed by atoms with Crippen LogP contribution < -0.4 is 5.56 Å². The highest BCUT2D eigenvalue weighted by molar-refractivity contribution is 8.00. The van der Waals surface area contributed by atoms with E-state index in [1.165, 1.54) is 39.8 Å². The molecule has 0 bridgehead atoms. The Bertz CT molecular complexity index is 1180. The quantitative estimate of drug-likeness (QED) is 0.365. The van der Waals surface area contributed by atoms with E-state index in [0.717, 1.165) is 47.9 Å². The van der Waals surface area contributed by atoms with Crippen LogP contribution in [0.2, 0.25) is 0 Å². The highest BCUT2D eigenvalue weighted by atomic mass is 32.2. The lowest BCUT2D eigenvalue weighted by atomic mass is 10.0. The fourth-order valence-electron chi connectivity index (χ4n) is 4.38. The number of Topliss-reactive ketones (excluding diaryl/α,β-unsaturated/α-hetero) is 1. The maximum Gasteiger partial charge on any atom is 0.262 e. The lowest BCUT2D eigenvalue weighted by molar-refractivity contribution is 0.0993. The Balaban J connectivity index is 1.45. The predicted molar refractivity (Wildman–Crippen MR) is 115 cm³/mol. The van der Waals surface area contributed by atoms with Crippen LogP contribution in [0, 0.1) is 0 Å². The van der Waals surface area contributed by atoms with E-state index in [2.05, 4.69) is 12.1 Å². The van der Waals surface area contributed by atoms with Gasteiger partial charge in [0.15, 0.2) is 10.9 Å². The normalized spacial score (nSPS) is 16.4. The van der Waals surface area contributed by atoms with Crippen molar-refractivity contribution in [2.24, 2.45) is 7.05 Å². The van der Waals surface area contributed by atoms with Gasteiger partial charge >= 0.3 is 0 Å². The van der Waals surface area contributed by atoms with Crippen LogP contribution in [0.25, 0.3) is 10.2 Å².